The number of ether oxygens (including phenoxy) is 4. The molecular formula is C28H32O9. The van der Waals surface area contributed by atoms with Crippen LogP contribution < -0.4 is 0 Å². The summed E-state index contributed by atoms with van der Waals surface area (Å²) in [5.74, 6) is -2.39. The number of aliphatic hydroxyl groups excluding tert-OH is 1. The fraction of sp³-hybridized carbons (Fsp3) is 0.750. The summed E-state index contributed by atoms with van der Waals surface area (Å²) in [6.07, 6.45) is 1.70. The second kappa shape index (κ2) is 6.32. The molecule has 7 fully saturated rings. The number of carbonyl (C=O) groups excluding carboxylic acids is 3. The van der Waals surface area contributed by atoms with Gasteiger partial charge in [0.1, 0.15) is 24.4 Å². The van der Waals surface area contributed by atoms with Crippen LogP contribution in [0.4, 0.5) is 0 Å². The normalized spacial score (nSPS) is 56.3. The third kappa shape index (κ3) is 2.12. The maximum atomic E-state index is 14.3. The fourth-order valence-corrected chi connectivity index (χ4v) is 11.0. The van der Waals surface area contributed by atoms with Gasteiger partial charge in [0.05, 0.1) is 36.1 Å². The maximum Gasteiger partial charge on any atom is 0.339 e. The maximum absolute atomic E-state index is 14.3. The first kappa shape index (κ1) is 22.7. The van der Waals surface area contributed by atoms with Crippen LogP contribution in [0.2, 0.25) is 0 Å². The molecule has 1 N–H and O–H groups in total. The highest BCUT2D eigenvalue weighted by Crippen LogP contribution is 2.82. The molecule has 0 unspecified atom stereocenters. The molecule has 12 atom stereocenters. The summed E-state index contributed by atoms with van der Waals surface area (Å²) in [7, 11) is 0. The van der Waals surface area contributed by atoms with Gasteiger partial charge in [0.25, 0.3) is 0 Å². The zero-order chi connectivity index (χ0) is 25.9. The van der Waals surface area contributed by atoms with E-state index in [2.05, 4.69) is 6.92 Å². The predicted octanol–water partition coefficient (Wildman–Crippen LogP) is 2.35. The summed E-state index contributed by atoms with van der Waals surface area (Å²) in [6.45, 7) is 7.84. The van der Waals surface area contributed by atoms with Gasteiger partial charge >= 0.3 is 11.9 Å². The van der Waals surface area contributed by atoms with Crippen LogP contribution in [0.5, 0.6) is 0 Å². The average molecular weight is 513 g/mol. The number of Topliss-reactive ketones (excluding diaryl/α,β-unsaturated/α-hetero) is 1. The number of hydrogen-bond donors (Lipinski definition) is 1. The second-order valence-electron chi connectivity index (χ2n) is 13.5. The van der Waals surface area contributed by atoms with Crippen molar-refractivity contribution in [3.8, 4) is 0 Å². The van der Waals surface area contributed by atoms with Crippen LogP contribution in [0.15, 0.2) is 23.0 Å². The standard InChI is InChI=1S/C28H32O9/c1-24(2)17-15(29)18(30)26(4)16-12(5-6-14-20(36-24)27(16,17)11-34-22(14)31)9-25(3)19(13-7-8-33-10-13)35-23(32)21-28(25,26)37-21/h7-8,10,12,14,16-21,30H,5-6,9,11H2,1-4H3/t12-,14+,16-,17+,18+,19-,20+,21+,25-,26-,27-,28-/m0/s1. The molecular weight excluding hydrogens is 480 g/mol. The first-order chi connectivity index (χ1) is 17.4. The van der Waals surface area contributed by atoms with Crippen molar-refractivity contribution in [2.75, 3.05) is 6.61 Å². The minimum absolute atomic E-state index is 0.0291. The Kier molecular flexibility index (Phi) is 3.88. The quantitative estimate of drug-likeness (QED) is 0.446. The van der Waals surface area contributed by atoms with E-state index in [1.165, 1.54) is 0 Å². The summed E-state index contributed by atoms with van der Waals surface area (Å²) in [5, 5.41) is 12.1. The predicted molar refractivity (Wildman–Crippen MR) is 123 cm³/mol. The van der Waals surface area contributed by atoms with Crippen LogP contribution in [0.25, 0.3) is 0 Å². The van der Waals surface area contributed by atoms with Gasteiger partial charge in [-0.05, 0) is 51.0 Å². The Hall–Kier alpha value is -2.23. The molecule has 3 aliphatic carbocycles. The molecule has 1 aromatic rings. The molecule has 8 rings (SSSR count). The lowest BCUT2D eigenvalue weighted by Gasteiger charge is -2.68. The average Bonchev–Trinajstić information content (AvgIpc) is 3.34. The van der Waals surface area contributed by atoms with Gasteiger partial charge in [-0.2, -0.15) is 0 Å². The minimum Gasteiger partial charge on any atom is -0.472 e. The molecule has 4 aliphatic heterocycles. The number of epoxide rings is 1. The lowest BCUT2D eigenvalue weighted by Crippen LogP contribution is -2.77. The second-order valence-corrected chi connectivity index (χ2v) is 13.5. The molecule has 0 radical (unpaired) electrons. The van der Waals surface area contributed by atoms with Crippen molar-refractivity contribution in [1.82, 2.24) is 0 Å². The largest absolute Gasteiger partial charge is 0.472 e. The highest BCUT2D eigenvalue weighted by atomic mass is 16.7. The number of aliphatic hydroxyl groups is 1. The van der Waals surface area contributed by atoms with Gasteiger partial charge in [0.2, 0.25) is 0 Å². The molecule has 2 spiro atoms. The lowest BCUT2D eigenvalue weighted by atomic mass is 9.34. The summed E-state index contributed by atoms with van der Waals surface area (Å²) >= 11 is 0. The molecule has 3 saturated carbocycles. The van der Waals surface area contributed by atoms with E-state index >= 15 is 0 Å². The van der Waals surface area contributed by atoms with Gasteiger partial charge in [-0.1, -0.05) is 13.8 Å². The van der Waals surface area contributed by atoms with E-state index in [-0.39, 0.29) is 30.2 Å². The van der Waals surface area contributed by atoms with E-state index in [1.807, 2.05) is 20.8 Å². The molecule has 9 nitrogen and oxygen atoms in total. The van der Waals surface area contributed by atoms with Crippen molar-refractivity contribution in [3.63, 3.8) is 0 Å². The van der Waals surface area contributed by atoms with Crippen molar-refractivity contribution in [1.29, 1.82) is 0 Å². The Bertz CT molecular complexity index is 1250. The zero-order valence-electron chi connectivity index (χ0n) is 21.4. The van der Waals surface area contributed by atoms with E-state index < -0.39 is 69.7 Å². The minimum atomic E-state index is -1.37. The fourth-order valence-electron chi connectivity index (χ4n) is 11.0. The SMILES string of the molecule is CC1(C)O[C@@H]2[C@H]3CC[C@H]4C[C@@]5(C)[C@H](c6ccoc6)OC(=O)[C@H]6O[C@@]65[C@]5(C)[C@H](O)C(=O)[C@H]1[C@]2(COC3=O)[C@@H]45. The number of ketones is 1. The molecule has 4 saturated heterocycles. The summed E-state index contributed by atoms with van der Waals surface area (Å²) < 4.78 is 30.3. The van der Waals surface area contributed by atoms with E-state index in [0.717, 1.165) is 12.0 Å². The molecule has 5 heterocycles. The highest BCUT2D eigenvalue weighted by Gasteiger charge is 2.92. The molecule has 1 aromatic heterocycles. The highest BCUT2D eigenvalue weighted by molar-refractivity contribution is 5.92. The van der Waals surface area contributed by atoms with E-state index in [9.17, 15) is 19.5 Å². The summed E-state index contributed by atoms with van der Waals surface area (Å²) in [6, 6.07) is 1.79. The number of carbonyl (C=O) groups is 3. The lowest BCUT2D eigenvalue weighted by molar-refractivity contribution is -0.266. The van der Waals surface area contributed by atoms with Crippen LogP contribution in [0.3, 0.4) is 0 Å². The van der Waals surface area contributed by atoms with Gasteiger partial charge < -0.3 is 28.5 Å². The first-order valence-corrected chi connectivity index (χ1v) is 13.4. The monoisotopic (exact) mass is 512 g/mol. The topological polar surface area (TPSA) is 125 Å². The molecule has 0 aromatic carbocycles. The Labute approximate surface area is 214 Å². The van der Waals surface area contributed by atoms with Gasteiger partial charge in [0, 0.05) is 21.8 Å². The number of rotatable bonds is 1. The van der Waals surface area contributed by atoms with E-state index in [0.29, 0.717) is 12.8 Å². The summed E-state index contributed by atoms with van der Waals surface area (Å²) in [5.41, 5.74) is -3.91. The smallest absolute Gasteiger partial charge is 0.339 e. The Morgan fingerprint density at radius 3 is 2.51 bits per heavy atom. The number of esters is 2. The number of furan rings is 1. The number of cyclic esters (lactones) is 2. The Balaban J connectivity index is 1.40. The number of hydrogen-bond acceptors (Lipinski definition) is 9. The van der Waals surface area contributed by atoms with E-state index in [4.69, 9.17) is 23.4 Å². The van der Waals surface area contributed by atoms with Crippen molar-refractivity contribution >= 4 is 17.7 Å². The van der Waals surface area contributed by atoms with Crippen LogP contribution in [0, 0.1) is 39.9 Å². The molecule has 37 heavy (non-hydrogen) atoms. The van der Waals surface area contributed by atoms with Crippen molar-refractivity contribution in [3.05, 3.63) is 24.2 Å². The molecule has 198 valence electrons. The Morgan fingerprint density at radius 1 is 1.00 bits per heavy atom. The van der Waals surface area contributed by atoms with Crippen molar-refractivity contribution in [2.45, 2.75) is 82.6 Å². The molecule has 2 bridgehead atoms. The third-order valence-corrected chi connectivity index (χ3v) is 11.8. The van der Waals surface area contributed by atoms with Gasteiger partial charge in [-0.3, -0.25) is 9.59 Å². The van der Waals surface area contributed by atoms with Crippen molar-refractivity contribution < 1.29 is 42.9 Å². The van der Waals surface area contributed by atoms with E-state index in [1.54, 1.807) is 18.6 Å². The third-order valence-electron chi connectivity index (χ3n) is 11.8. The first-order valence-electron chi connectivity index (χ1n) is 13.4. The zero-order valence-corrected chi connectivity index (χ0v) is 21.4. The molecule has 0 amide bonds. The van der Waals surface area contributed by atoms with Gasteiger partial charge in [0.15, 0.2) is 11.9 Å². The van der Waals surface area contributed by atoms with Gasteiger partial charge in [-0.15, -0.1) is 0 Å². The van der Waals surface area contributed by atoms with Crippen LogP contribution in [-0.4, -0.2) is 58.9 Å². The van der Waals surface area contributed by atoms with Crippen LogP contribution in [0.1, 0.15) is 58.6 Å². The van der Waals surface area contributed by atoms with Crippen molar-refractivity contribution in [2.24, 2.45) is 39.9 Å². The van der Waals surface area contributed by atoms with Crippen LogP contribution >= 0.6 is 0 Å². The summed E-state index contributed by atoms with van der Waals surface area (Å²) in [4.78, 5) is 40.7. The Morgan fingerprint density at radius 2 is 1.78 bits per heavy atom. The van der Waals surface area contributed by atoms with Crippen LogP contribution in [-0.2, 0) is 33.3 Å². The van der Waals surface area contributed by atoms with Gasteiger partial charge in [-0.25, -0.2) is 4.79 Å². The molecule has 7 aliphatic rings. The molecule has 9 heteroatoms.